The molecule has 0 bridgehead atoms. The Labute approximate surface area is 100 Å². The van der Waals surface area contributed by atoms with Gasteiger partial charge in [0.15, 0.2) is 0 Å². The van der Waals surface area contributed by atoms with Gasteiger partial charge in [0.2, 0.25) is 5.91 Å². The van der Waals surface area contributed by atoms with Crippen LogP contribution in [-0.2, 0) is 9.53 Å². The third-order valence-corrected chi connectivity index (χ3v) is 2.70. The molecule has 1 fully saturated rings. The number of halogens is 1. The summed E-state index contributed by atoms with van der Waals surface area (Å²) in [6.45, 7) is 6.02. The molecule has 1 N–H and O–H groups in total. The van der Waals surface area contributed by atoms with Crippen LogP contribution in [0.1, 0.15) is 33.1 Å². The second-order valence-electron chi connectivity index (χ2n) is 4.60. The Morgan fingerprint density at radius 2 is 2.20 bits per heavy atom. The highest BCUT2D eigenvalue weighted by molar-refractivity contribution is 9.10. The second-order valence-corrected chi connectivity index (χ2v) is 6.58. The van der Waals surface area contributed by atoms with Crippen molar-refractivity contribution >= 4 is 21.8 Å². The summed E-state index contributed by atoms with van der Waals surface area (Å²) < 4.78 is 4.99. The molecule has 1 saturated carbocycles. The van der Waals surface area contributed by atoms with Crippen LogP contribution in [-0.4, -0.2) is 30.0 Å². The number of nitrogens with one attached hydrogen (secondary N) is 1. The maximum atomic E-state index is 11.4. The van der Waals surface area contributed by atoms with Crippen molar-refractivity contribution < 1.29 is 9.53 Å². The summed E-state index contributed by atoms with van der Waals surface area (Å²) in [5.41, 5.74) is 0. The molecule has 0 unspecified atom stereocenters. The number of hydrogen-bond donors (Lipinski definition) is 1. The minimum atomic E-state index is -0.470. The molecule has 0 aliphatic heterocycles. The summed E-state index contributed by atoms with van der Waals surface area (Å²) in [7, 11) is 0. The Morgan fingerprint density at radius 3 is 2.73 bits per heavy atom. The summed E-state index contributed by atoms with van der Waals surface area (Å²) in [4.78, 5) is 11.4. The first kappa shape index (κ1) is 13.0. The number of rotatable bonds is 7. The van der Waals surface area contributed by atoms with Gasteiger partial charge in [-0.1, -0.05) is 15.9 Å². The molecular formula is C11H20BrNO2. The van der Waals surface area contributed by atoms with E-state index < -0.39 is 4.32 Å². The Balaban J connectivity index is 1.89. The molecule has 0 aromatic carbocycles. The molecule has 1 amide bonds. The van der Waals surface area contributed by atoms with Crippen molar-refractivity contribution in [3.05, 3.63) is 0 Å². The summed E-state index contributed by atoms with van der Waals surface area (Å²) >= 11 is 3.31. The van der Waals surface area contributed by atoms with Gasteiger partial charge >= 0.3 is 0 Å². The fourth-order valence-corrected chi connectivity index (χ4v) is 1.26. The van der Waals surface area contributed by atoms with Gasteiger partial charge in [-0.05, 0) is 39.0 Å². The monoisotopic (exact) mass is 277 g/mol. The Hall–Kier alpha value is -0.0900. The van der Waals surface area contributed by atoms with Crippen LogP contribution in [0.15, 0.2) is 0 Å². The zero-order valence-electron chi connectivity index (χ0n) is 9.51. The van der Waals surface area contributed by atoms with E-state index in [1.54, 1.807) is 0 Å². The van der Waals surface area contributed by atoms with E-state index in [1.807, 2.05) is 13.8 Å². The van der Waals surface area contributed by atoms with E-state index in [2.05, 4.69) is 21.2 Å². The average Bonchev–Trinajstić information content (AvgIpc) is 2.92. The molecule has 0 spiro atoms. The quantitative estimate of drug-likeness (QED) is 0.572. The molecule has 0 aromatic rings. The van der Waals surface area contributed by atoms with Crippen LogP contribution in [0, 0.1) is 5.92 Å². The predicted octanol–water partition coefficient (Wildman–Crippen LogP) is 2.09. The first-order valence-corrected chi connectivity index (χ1v) is 6.34. The number of carbonyl (C=O) groups excluding carboxylic acids is 1. The first-order valence-electron chi connectivity index (χ1n) is 5.55. The Bertz CT molecular complexity index is 209. The summed E-state index contributed by atoms with van der Waals surface area (Å²) in [5.74, 6) is 0.853. The minimum Gasteiger partial charge on any atom is -0.381 e. The third-order valence-electron chi connectivity index (χ3n) is 2.34. The minimum absolute atomic E-state index is 0.0321. The molecule has 0 heterocycles. The lowest BCUT2D eigenvalue weighted by Crippen LogP contribution is -2.38. The van der Waals surface area contributed by atoms with Crippen molar-refractivity contribution in [2.75, 3.05) is 19.8 Å². The van der Waals surface area contributed by atoms with Gasteiger partial charge < -0.3 is 10.1 Å². The van der Waals surface area contributed by atoms with E-state index >= 15 is 0 Å². The SMILES string of the molecule is CC(C)(Br)C(=O)NCCCOCC1CC1. The normalized spacial score (nSPS) is 16.5. The summed E-state index contributed by atoms with van der Waals surface area (Å²) in [6, 6.07) is 0. The molecule has 0 aromatic heterocycles. The smallest absolute Gasteiger partial charge is 0.236 e. The largest absolute Gasteiger partial charge is 0.381 e. The summed E-state index contributed by atoms with van der Waals surface area (Å²) in [6.07, 6.45) is 3.55. The Morgan fingerprint density at radius 1 is 1.53 bits per heavy atom. The maximum absolute atomic E-state index is 11.4. The molecule has 4 heteroatoms. The van der Waals surface area contributed by atoms with Crippen LogP contribution < -0.4 is 5.32 Å². The van der Waals surface area contributed by atoms with Gasteiger partial charge in [0.25, 0.3) is 0 Å². The van der Waals surface area contributed by atoms with Crippen LogP contribution in [0.3, 0.4) is 0 Å². The van der Waals surface area contributed by atoms with Crippen molar-refractivity contribution in [2.24, 2.45) is 5.92 Å². The number of carbonyl (C=O) groups is 1. The average molecular weight is 278 g/mol. The standard InChI is InChI=1S/C11H20BrNO2/c1-11(2,12)10(14)13-6-3-7-15-8-9-4-5-9/h9H,3-8H2,1-2H3,(H,13,14). The molecule has 15 heavy (non-hydrogen) atoms. The number of alkyl halides is 1. The van der Waals surface area contributed by atoms with Crippen molar-refractivity contribution in [1.29, 1.82) is 0 Å². The van der Waals surface area contributed by atoms with Gasteiger partial charge in [0, 0.05) is 19.8 Å². The maximum Gasteiger partial charge on any atom is 0.236 e. The molecule has 0 saturated heterocycles. The van der Waals surface area contributed by atoms with Crippen LogP contribution in [0.25, 0.3) is 0 Å². The van der Waals surface area contributed by atoms with Gasteiger partial charge in [-0.15, -0.1) is 0 Å². The molecule has 1 aliphatic rings. The molecule has 88 valence electrons. The van der Waals surface area contributed by atoms with E-state index in [0.717, 1.165) is 25.6 Å². The summed E-state index contributed by atoms with van der Waals surface area (Å²) in [5, 5.41) is 2.86. The van der Waals surface area contributed by atoms with Gasteiger partial charge in [-0.2, -0.15) is 0 Å². The molecule has 0 radical (unpaired) electrons. The highest BCUT2D eigenvalue weighted by atomic mass is 79.9. The molecule has 1 rings (SSSR count). The van der Waals surface area contributed by atoms with E-state index in [4.69, 9.17) is 4.74 Å². The molecule has 1 aliphatic carbocycles. The van der Waals surface area contributed by atoms with Crippen molar-refractivity contribution in [1.82, 2.24) is 5.32 Å². The molecular weight excluding hydrogens is 258 g/mol. The van der Waals surface area contributed by atoms with Gasteiger partial charge in [0.1, 0.15) is 0 Å². The fraction of sp³-hybridized carbons (Fsp3) is 0.909. The van der Waals surface area contributed by atoms with Gasteiger partial charge in [0.05, 0.1) is 4.32 Å². The second kappa shape index (κ2) is 5.85. The first-order chi connectivity index (χ1) is 7.00. The zero-order valence-corrected chi connectivity index (χ0v) is 11.1. The lowest BCUT2D eigenvalue weighted by atomic mass is 10.2. The molecule has 3 nitrogen and oxygen atoms in total. The van der Waals surface area contributed by atoms with Crippen LogP contribution in [0.4, 0.5) is 0 Å². The third kappa shape index (κ3) is 6.15. The highest BCUT2D eigenvalue weighted by Crippen LogP contribution is 2.28. The van der Waals surface area contributed by atoms with Gasteiger partial charge in [-0.3, -0.25) is 4.79 Å². The van der Waals surface area contributed by atoms with E-state index in [-0.39, 0.29) is 5.91 Å². The number of amides is 1. The lowest BCUT2D eigenvalue weighted by Gasteiger charge is -2.15. The highest BCUT2D eigenvalue weighted by Gasteiger charge is 2.23. The van der Waals surface area contributed by atoms with E-state index in [1.165, 1.54) is 12.8 Å². The van der Waals surface area contributed by atoms with E-state index in [9.17, 15) is 4.79 Å². The zero-order chi connectivity index (χ0) is 11.3. The van der Waals surface area contributed by atoms with Crippen molar-refractivity contribution in [3.8, 4) is 0 Å². The lowest BCUT2D eigenvalue weighted by molar-refractivity contribution is -0.122. The predicted molar refractivity (Wildman–Crippen MR) is 64.2 cm³/mol. The van der Waals surface area contributed by atoms with Crippen LogP contribution in [0.2, 0.25) is 0 Å². The van der Waals surface area contributed by atoms with Crippen LogP contribution >= 0.6 is 15.9 Å². The van der Waals surface area contributed by atoms with E-state index in [0.29, 0.717) is 6.54 Å². The van der Waals surface area contributed by atoms with Crippen molar-refractivity contribution in [3.63, 3.8) is 0 Å². The topological polar surface area (TPSA) is 38.3 Å². The number of hydrogen-bond acceptors (Lipinski definition) is 2. The van der Waals surface area contributed by atoms with Crippen LogP contribution in [0.5, 0.6) is 0 Å². The van der Waals surface area contributed by atoms with Gasteiger partial charge in [-0.25, -0.2) is 0 Å². The number of ether oxygens (including phenoxy) is 1. The fourth-order valence-electron chi connectivity index (χ4n) is 1.12. The molecule has 0 atom stereocenters. The Kier molecular flexibility index (Phi) is 5.06. The van der Waals surface area contributed by atoms with Crippen molar-refractivity contribution in [2.45, 2.75) is 37.4 Å².